The summed E-state index contributed by atoms with van der Waals surface area (Å²) in [6.45, 7) is 4.46. The summed E-state index contributed by atoms with van der Waals surface area (Å²) >= 11 is 3.50. The Morgan fingerprint density at radius 2 is 1.70 bits per heavy atom. The lowest BCUT2D eigenvalue weighted by Gasteiger charge is -2.16. The molecule has 0 radical (unpaired) electrons. The van der Waals surface area contributed by atoms with Crippen molar-refractivity contribution < 1.29 is 0 Å². The van der Waals surface area contributed by atoms with Crippen LogP contribution in [0.3, 0.4) is 0 Å². The molecule has 0 fully saturated rings. The molecule has 1 unspecified atom stereocenters. The van der Waals surface area contributed by atoms with Crippen LogP contribution < -0.4 is 0 Å². The lowest BCUT2D eigenvalue weighted by Crippen LogP contribution is -2.00. The second-order valence-electron chi connectivity index (χ2n) is 5.43. The number of aromatic nitrogens is 1. The van der Waals surface area contributed by atoms with Crippen LogP contribution >= 0.6 is 15.9 Å². The van der Waals surface area contributed by atoms with Gasteiger partial charge in [0, 0.05) is 29.0 Å². The van der Waals surface area contributed by atoms with Gasteiger partial charge in [0.2, 0.25) is 0 Å². The molecule has 0 spiro atoms. The number of halogens is 1. The Morgan fingerprint density at radius 1 is 1.00 bits per heavy atom. The fraction of sp³-hybridized carbons (Fsp3) is 0.222. The maximum Gasteiger partial charge on any atom is 0.0519 e. The highest BCUT2D eigenvalue weighted by Gasteiger charge is 2.14. The molecule has 0 N–H and O–H groups in total. The van der Waals surface area contributed by atoms with Gasteiger partial charge in [-0.1, -0.05) is 47.1 Å². The van der Waals surface area contributed by atoms with Crippen LogP contribution in [0.15, 0.2) is 53.1 Å². The summed E-state index contributed by atoms with van der Waals surface area (Å²) in [6, 6.07) is 15.3. The maximum atomic E-state index is 3.50. The van der Waals surface area contributed by atoms with Crippen molar-refractivity contribution in [1.82, 2.24) is 4.57 Å². The van der Waals surface area contributed by atoms with Crippen LogP contribution in [0.4, 0.5) is 0 Å². The summed E-state index contributed by atoms with van der Waals surface area (Å²) in [5.74, 6) is 0.389. The van der Waals surface area contributed by atoms with Gasteiger partial charge >= 0.3 is 0 Å². The minimum absolute atomic E-state index is 0.389. The van der Waals surface area contributed by atoms with Crippen LogP contribution in [0.25, 0.3) is 10.9 Å². The molecule has 0 amide bonds. The number of hydrogen-bond acceptors (Lipinski definition) is 0. The molecule has 0 aliphatic heterocycles. The van der Waals surface area contributed by atoms with Gasteiger partial charge in [-0.15, -0.1) is 0 Å². The molecule has 1 heterocycles. The van der Waals surface area contributed by atoms with E-state index >= 15 is 0 Å². The molecule has 0 saturated heterocycles. The molecule has 2 heteroatoms. The SMILES string of the molecule is Cc1ccc(C(C)c2ccc(Br)cc2)c2c1ccn2C. The Kier molecular flexibility index (Phi) is 3.43. The monoisotopic (exact) mass is 327 g/mol. The van der Waals surface area contributed by atoms with Gasteiger partial charge in [-0.25, -0.2) is 0 Å². The first-order valence-electron chi connectivity index (χ1n) is 6.88. The molecule has 0 saturated carbocycles. The summed E-state index contributed by atoms with van der Waals surface area (Å²) in [4.78, 5) is 0. The zero-order valence-corrected chi connectivity index (χ0v) is 13.6. The number of benzene rings is 2. The molecule has 20 heavy (non-hydrogen) atoms. The third-order valence-corrected chi connectivity index (χ3v) is 4.65. The largest absolute Gasteiger partial charge is 0.350 e. The highest BCUT2D eigenvalue weighted by Crippen LogP contribution is 2.32. The van der Waals surface area contributed by atoms with Gasteiger partial charge in [0.1, 0.15) is 0 Å². The maximum absolute atomic E-state index is 3.50. The third kappa shape index (κ3) is 2.18. The number of fused-ring (bicyclic) bond motifs is 1. The molecule has 0 bridgehead atoms. The quantitative estimate of drug-likeness (QED) is 0.593. The average molecular weight is 328 g/mol. The number of hydrogen-bond donors (Lipinski definition) is 0. The highest BCUT2D eigenvalue weighted by atomic mass is 79.9. The number of aryl methyl sites for hydroxylation is 2. The van der Waals surface area contributed by atoms with Crippen molar-refractivity contribution in [3.05, 3.63) is 69.8 Å². The van der Waals surface area contributed by atoms with E-state index in [1.54, 1.807) is 0 Å². The van der Waals surface area contributed by atoms with E-state index in [1.807, 2.05) is 0 Å². The Labute approximate surface area is 128 Å². The minimum Gasteiger partial charge on any atom is -0.350 e. The van der Waals surface area contributed by atoms with Gasteiger partial charge in [0.05, 0.1) is 5.52 Å². The van der Waals surface area contributed by atoms with E-state index in [0.717, 1.165) is 4.47 Å². The fourth-order valence-electron chi connectivity index (χ4n) is 2.87. The predicted molar refractivity (Wildman–Crippen MR) is 89.3 cm³/mol. The van der Waals surface area contributed by atoms with Crippen molar-refractivity contribution in [1.29, 1.82) is 0 Å². The third-order valence-electron chi connectivity index (χ3n) is 4.12. The molecule has 3 rings (SSSR count). The van der Waals surface area contributed by atoms with E-state index in [-0.39, 0.29) is 0 Å². The molecule has 0 aliphatic carbocycles. The lowest BCUT2D eigenvalue weighted by molar-refractivity contribution is 0.898. The smallest absolute Gasteiger partial charge is 0.0519 e. The second-order valence-corrected chi connectivity index (χ2v) is 6.35. The Bertz CT molecular complexity index is 753. The van der Waals surface area contributed by atoms with Crippen molar-refractivity contribution in [2.45, 2.75) is 19.8 Å². The van der Waals surface area contributed by atoms with Crippen molar-refractivity contribution in [3.8, 4) is 0 Å². The molecular weight excluding hydrogens is 310 g/mol. The standard InChI is InChI=1S/C18H18BrN/c1-12-4-9-17(18-16(12)10-11-20(18)3)13(2)14-5-7-15(19)8-6-14/h4-11,13H,1-3H3. The van der Waals surface area contributed by atoms with Gasteiger partial charge in [-0.2, -0.15) is 0 Å². The lowest BCUT2D eigenvalue weighted by atomic mass is 9.91. The van der Waals surface area contributed by atoms with Crippen LogP contribution in [-0.2, 0) is 7.05 Å². The van der Waals surface area contributed by atoms with Gasteiger partial charge in [-0.3, -0.25) is 0 Å². The molecule has 0 aliphatic rings. The fourth-order valence-corrected chi connectivity index (χ4v) is 3.14. The van der Waals surface area contributed by atoms with Crippen LogP contribution in [-0.4, -0.2) is 4.57 Å². The van der Waals surface area contributed by atoms with E-state index in [0.29, 0.717) is 5.92 Å². The van der Waals surface area contributed by atoms with Gasteiger partial charge in [0.15, 0.2) is 0 Å². The van der Waals surface area contributed by atoms with Crippen molar-refractivity contribution >= 4 is 26.8 Å². The summed E-state index contributed by atoms with van der Waals surface area (Å²) in [5, 5.41) is 1.36. The summed E-state index contributed by atoms with van der Waals surface area (Å²) in [7, 11) is 2.12. The second kappa shape index (κ2) is 5.10. The first-order chi connectivity index (χ1) is 9.58. The molecule has 1 atom stereocenters. The van der Waals surface area contributed by atoms with E-state index in [1.165, 1.54) is 27.6 Å². The molecule has 1 aromatic heterocycles. The van der Waals surface area contributed by atoms with E-state index < -0.39 is 0 Å². The first-order valence-corrected chi connectivity index (χ1v) is 7.67. The van der Waals surface area contributed by atoms with Crippen LogP contribution in [0, 0.1) is 6.92 Å². The van der Waals surface area contributed by atoms with Gasteiger partial charge < -0.3 is 4.57 Å². The van der Waals surface area contributed by atoms with Gasteiger partial charge in [-0.05, 0) is 41.8 Å². The molecule has 2 aromatic carbocycles. The summed E-state index contributed by atoms with van der Waals surface area (Å²) < 4.78 is 3.36. The number of nitrogens with zero attached hydrogens (tertiary/aromatic N) is 1. The summed E-state index contributed by atoms with van der Waals surface area (Å²) in [6.07, 6.45) is 2.15. The Balaban J connectivity index is 2.16. The van der Waals surface area contributed by atoms with Crippen LogP contribution in [0.1, 0.15) is 29.5 Å². The molecule has 1 nitrogen and oxygen atoms in total. The van der Waals surface area contributed by atoms with E-state index in [4.69, 9.17) is 0 Å². The molecule has 3 aromatic rings. The summed E-state index contributed by atoms with van der Waals surface area (Å²) in [5.41, 5.74) is 5.42. The van der Waals surface area contributed by atoms with Crippen molar-refractivity contribution in [2.24, 2.45) is 7.05 Å². The Morgan fingerprint density at radius 3 is 2.40 bits per heavy atom. The van der Waals surface area contributed by atoms with Crippen LogP contribution in [0.2, 0.25) is 0 Å². The normalized spacial score (nSPS) is 12.8. The topological polar surface area (TPSA) is 4.93 Å². The predicted octanol–water partition coefficient (Wildman–Crippen LogP) is 5.40. The minimum atomic E-state index is 0.389. The molecule has 102 valence electrons. The van der Waals surface area contributed by atoms with Crippen LogP contribution in [0.5, 0.6) is 0 Å². The highest BCUT2D eigenvalue weighted by molar-refractivity contribution is 9.10. The number of rotatable bonds is 2. The van der Waals surface area contributed by atoms with Crippen molar-refractivity contribution in [3.63, 3.8) is 0 Å². The van der Waals surface area contributed by atoms with E-state index in [2.05, 4.69) is 90.1 Å². The van der Waals surface area contributed by atoms with Gasteiger partial charge in [0.25, 0.3) is 0 Å². The van der Waals surface area contributed by atoms with E-state index in [9.17, 15) is 0 Å². The Hall–Kier alpha value is -1.54. The zero-order valence-electron chi connectivity index (χ0n) is 12.0. The molecular formula is C18H18BrN. The average Bonchev–Trinajstić information content (AvgIpc) is 2.83. The zero-order chi connectivity index (χ0) is 14.3. The van der Waals surface area contributed by atoms with Crippen molar-refractivity contribution in [2.75, 3.05) is 0 Å². The first kappa shape index (κ1) is 13.4.